The van der Waals surface area contributed by atoms with Gasteiger partial charge in [0.25, 0.3) is 0 Å². The van der Waals surface area contributed by atoms with Crippen LogP contribution in [-0.4, -0.2) is 57.2 Å². The number of guanidine groups is 1. The van der Waals surface area contributed by atoms with E-state index in [1.165, 1.54) is 6.42 Å². The number of nitrogens with one attached hydrogen (secondary N) is 2. The summed E-state index contributed by atoms with van der Waals surface area (Å²) < 4.78 is 10.8. The van der Waals surface area contributed by atoms with Crippen molar-refractivity contribution in [3.63, 3.8) is 0 Å². The first-order valence-electron chi connectivity index (χ1n) is 8.88. The van der Waals surface area contributed by atoms with Gasteiger partial charge in [-0.1, -0.05) is 0 Å². The fourth-order valence-electron chi connectivity index (χ4n) is 2.12. The van der Waals surface area contributed by atoms with E-state index in [-0.39, 0.29) is 0 Å². The third kappa shape index (κ3) is 9.57. The van der Waals surface area contributed by atoms with Crippen LogP contribution >= 0.6 is 0 Å². The van der Waals surface area contributed by atoms with Crippen LogP contribution in [0.3, 0.4) is 0 Å². The molecular formula is C18H34N4O2. The van der Waals surface area contributed by atoms with Crippen LogP contribution in [0.1, 0.15) is 38.9 Å². The van der Waals surface area contributed by atoms with Gasteiger partial charge < -0.3 is 24.7 Å². The van der Waals surface area contributed by atoms with E-state index in [1.807, 2.05) is 12.1 Å². The predicted molar refractivity (Wildman–Crippen MR) is 99.3 cm³/mol. The van der Waals surface area contributed by atoms with Gasteiger partial charge >= 0.3 is 0 Å². The molecule has 0 aliphatic heterocycles. The maximum atomic E-state index is 5.55. The van der Waals surface area contributed by atoms with Crippen molar-refractivity contribution in [3.05, 3.63) is 24.2 Å². The minimum atomic E-state index is 0.533. The van der Waals surface area contributed by atoms with E-state index in [2.05, 4.69) is 41.4 Å². The maximum absolute atomic E-state index is 5.55. The molecule has 1 rings (SSSR count). The van der Waals surface area contributed by atoms with E-state index >= 15 is 0 Å². The van der Waals surface area contributed by atoms with E-state index in [9.17, 15) is 0 Å². The summed E-state index contributed by atoms with van der Waals surface area (Å²) in [6, 6.07) is 4.40. The van der Waals surface area contributed by atoms with Crippen LogP contribution in [0.2, 0.25) is 0 Å². The number of hydrogen-bond acceptors (Lipinski definition) is 4. The quantitative estimate of drug-likeness (QED) is 0.348. The van der Waals surface area contributed by atoms with Crippen LogP contribution in [0, 0.1) is 0 Å². The van der Waals surface area contributed by atoms with Crippen LogP contribution < -0.4 is 10.6 Å². The molecular weight excluding hydrogens is 304 g/mol. The topological polar surface area (TPSA) is 62.0 Å². The summed E-state index contributed by atoms with van der Waals surface area (Å²) in [5.74, 6) is 1.72. The minimum Gasteiger partial charge on any atom is -0.467 e. The lowest BCUT2D eigenvalue weighted by atomic mass is 10.2. The Morgan fingerprint density at radius 2 is 2.00 bits per heavy atom. The van der Waals surface area contributed by atoms with E-state index in [4.69, 9.17) is 9.15 Å². The zero-order chi connectivity index (χ0) is 17.6. The van der Waals surface area contributed by atoms with Crippen molar-refractivity contribution in [2.24, 2.45) is 4.99 Å². The molecule has 0 atom stereocenters. The van der Waals surface area contributed by atoms with Crippen molar-refractivity contribution in [2.45, 2.75) is 45.8 Å². The molecule has 6 nitrogen and oxygen atoms in total. The molecule has 0 aliphatic rings. The van der Waals surface area contributed by atoms with E-state index in [1.54, 1.807) is 13.3 Å². The molecule has 0 radical (unpaired) electrons. The molecule has 1 heterocycles. The molecule has 0 unspecified atom stereocenters. The van der Waals surface area contributed by atoms with Gasteiger partial charge in [-0.25, -0.2) is 0 Å². The Morgan fingerprint density at radius 3 is 2.62 bits per heavy atom. The number of ether oxygens (including phenoxy) is 1. The van der Waals surface area contributed by atoms with Crippen molar-refractivity contribution in [2.75, 3.05) is 40.3 Å². The van der Waals surface area contributed by atoms with Crippen LogP contribution in [0.25, 0.3) is 0 Å². The van der Waals surface area contributed by atoms with Gasteiger partial charge in [-0.3, -0.25) is 4.99 Å². The molecule has 24 heavy (non-hydrogen) atoms. The number of rotatable bonds is 12. The molecule has 1 aromatic rings. The largest absolute Gasteiger partial charge is 0.467 e. The SMILES string of the molecule is CN=C(NCCCCN(C)C(C)C)NCCCOCc1ccco1. The van der Waals surface area contributed by atoms with Crippen molar-refractivity contribution >= 4 is 5.96 Å². The van der Waals surface area contributed by atoms with Crippen molar-refractivity contribution in [3.8, 4) is 0 Å². The summed E-state index contributed by atoms with van der Waals surface area (Å²) in [6.07, 6.45) is 4.93. The minimum absolute atomic E-state index is 0.533. The smallest absolute Gasteiger partial charge is 0.190 e. The number of aliphatic imine (C=N–C) groups is 1. The summed E-state index contributed by atoms with van der Waals surface area (Å²) in [6.45, 7) is 8.61. The highest BCUT2D eigenvalue weighted by Gasteiger charge is 2.02. The lowest BCUT2D eigenvalue weighted by molar-refractivity contribution is 0.105. The average Bonchev–Trinajstić information content (AvgIpc) is 3.08. The highest BCUT2D eigenvalue weighted by atomic mass is 16.5. The molecule has 6 heteroatoms. The highest BCUT2D eigenvalue weighted by molar-refractivity contribution is 5.79. The van der Waals surface area contributed by atoms with Gasteiger partial charge in [-0.15, -0.1) is 0 Å². The summed E-state index contributed by atoms with van der Waals surface area (Å²) in [5, 5.41) is 6.66. The summed E-state index contributed by atoms with van der Waals surface area (Å²) in [7, 11) is 3.97. The Bertz CT molecular complexity index is 432. The molecule has 2 N–H and O–H groups in total. The zero-order valence-corrected chi connectivity index (χ0v) is 15.7. The highest BCUT2D eigenvalue weighted by Crippen LogP contribution is 2.01. The van der Waals surface area contributed by atoms with Crippen LogP contribution in [0.5, 0.6) is 0 Å². The molecule has 1 aromatic heterocycles. The summed E-state index contributed by atoms with van der Waals surface area (Å²) in [5.41, 5.74) is 0. The zero-order valence-electron chi connectivity index (χ0n) is 15.7. The van der Waals surface area contributed by atoms with Gasteiger partial charge in [-0.2, -0.15) is 0 Å². The fourth-order valence-corrected chi connectivity index (χ4v) is 2.12. The molecule has 0 aromatic carbocycles. The Morgan fingerprint density at radius 1 is 1.25 bits per heavy atom. The van der Waals surface area contributed by atoms with Gasteiger partial charge in [0, 0.05) is 32.8 Å². The molecule has 0 bridgehead atoms. The van der Waals surface area contributed by atoms with Crippen molar-refractivity contribution < 1.29 is 9.15 Å². The third-order valence-corrected chi connectivity index (χ3v) is 3.92. The first-order valence-corrected chi connectivity index (χ1v) is 8.88. The average molecular weight is 338 g/mol. The lowest BCUT2D eigenvalue weighted by Crippen LogP contribution is -2.38. The van der Waals surface area contributed by atoms with Gasteiger partial charge in [0.05, 0.1) is 6.26 Å². The van der Waals surface area contributed by atoms with E-state index in [0.717, 1.165) is 44.2 Å². The summed E-state index contributed by atoms with van der Waals surface area (Å²) >= 11 is 0. The summed E-state index contributed by atoms with van der Waals surface area (Å²) in [4.78, 5) is 6.61. The fraction of sp³-hybridized carbons (Fsp3) is 0.722. The first-order chi connectivity index (χ1) is 11.6. The Kier molecular flexibility index (Phi) is 11.0. The van der Waals surface area contributed by atoms with Gasteiger partial charge in [-0.05, 0) is 58.8 Å². The molecule has 0 aliphatic carbocycles. The molecule has 0 amide bonds. The van der Waals surface area contributed by atoms with Gasteiger partial charge in [0.15, 0.2) is 5.96 Å². The number of hydrogen-bond donors (Lipinski definition) is 2. The van der Waals surface area contributed by atoms with Gasteiger partial charge in [0.2, 0.25) is 0 Å². The molecule has 0 spiro atoms. The van der Waals surface area contributed by atoms with Crippen LogP contribution in [0.4, 0.5) is 0 Å². The van der Waals surface area contributed by atoms with Gasteiger partial charge in [0.1, 0.15) is 12.4 Å². The second-order valence-corrected chi connectivity index (χ2v) is 6.19. The Balaban J connectivity index is 1.96. The second-order valence-electron chi connectivity index (χ2n) is 6.19. The number of unbranched alkanes of at least 4 members (excludes halogenated alkanes) is 1. The molecule has 138 valence electrons. The monoisotopic (exact) mass is 338 g/mol. The van der Waals surface area contributed by atoms with Crippen LogP contribution in [-0.2, 0) is 11.3 Å². The normalized spacial score (nSPS) is 12.2. The second kappa shape index (κ2) is 12.8. The predicted octanol–water partition coefficient (Wildman–Crippen LogP) is 2.47. The maximum Gasteiger partial charge on any atom is 0.190 e. The van der Waals surface area contributed by atoms with Crippen molar-refractivity contribution in [1.29, 1.82) is 0 Å². The third-order valence-electron chi connectivity index (χ3n) is 3.92. The first kappa shape index (κ1) is 20.5. The van der Waals surface area contributed by atoms with Crippen LogP contribution in [0.15, 0.2) is 27.8 Å². The van der Waals surface area contributed by atoms with E-state index in [0.29, 0.717) is 19.3 Å². The number of furan rings is 1. The lowest BCUT2D eigenvalue weighted by Gasteiger charge is -2.20. The van der Waals surface area contributed by atoms with Crippen molar-refractivity contribution in [1.82, 2.24) is 15.5 Å². The molecule has 0 fully saturated rings. The Hall–Kier alpha value is -1.53. The number of nitrogens with zero attached hydrogens (tertiary/aromatic N) is 2. The standard InChI is InChI=1S/C18H34N4O2/c1-16(2)22(4)12-6-5-10-20-18(19-3)21-11-8-13-23-15-17-9-7-14-24-17/h7,9,14,16H,5-6,8,10-13,15H2,1-4H3,(H2,19,20,21). The molecule has 0 saturated heterocycles. The van der Waals surface area contributed by atoms with E-state index < -0.39 is 0 Å². The molecule has 0 saturated carbocycles. The Labute approximate surface area is 146 Å².